The number of carbonyl (C=O) groups is 2. The molecule has 5 heteroatoms. The second-order valence-corrected chi connectivity index (χ2v) is 6.16. The number of fused-ring (bicyclic) bond motifs is 2. The van der Waals surface area contributed by atoms with Crippen molar-refractivity contribution in [1.82, 2.24) is 0 Å². The Morgan fingerprint density at radius 2 is 2.16 bits per heavy atom. The number of Topliss-reactive ketones (excluding diaryl/α,β-unsaturated/α-hetero) is 1. The van der Waals surface area contributed by atoms with E-state index < -0.39 is 28.8 Å². The largest absolute Gasteiger partial charge is 0.469 e. The summed E-state index contributed by atoms with van der Waals surface area (Å²) in [5, 5.41) is 10.6. The topological polar surface area (TPSA) is 63.6 Å². The molecule has 3 aliphatic rings. The molecule has 0 aromatic heterocycles. The van der Waals surface area contributed by atoms with Crippen molar-refractivity contribution >= 4 is 23.4 Å². The number of ether oxygens (including phenoxy) is 1. The smallest absolute Gasteiger partial charge is 0.310 e. The lowest BCUT2D eigenvalue weighted by atomic mass is 9.47. The van der Waals surface area contributed by atoms with Crippen LogP contribution in [0.4, 0.5) is 0 Å². The van der Waals surface area contributed by atoms with Crippen LogP contribution >= 0.6 is 11.6 Å². The molecule has 5 atom stereocenters. The van der Waals surface area contributed by atoms with E-state index in [9.17, 15) is 14.7 Å². The summed E-state index contributed by atoms with van der Waals surface area (Å²) in [6.07, 6.45) is 1.79. The molecule has 1 fully saturated rings. The van der Waals surface area contributed by atoms with Gasteiger partial charge in [0, 0.05) is 5.92 Å². The van der Waals surface area contributed by atoms with Crippen molar-refractivity contribution < 1.29 is 19.4 Å². The van der Waals surface area contributed by atoms with Gasteiger partial charge in [-0.2, -0.15) is 0 Å². The Hall–Kier alpha value is -0.870. The van der Waals surface area contributed by atoms with Gasteiger partial charge in [0.05, 0.1) is 24.3 Å². The van der Waals surface area contributed by atoms with Gasteiger partial charge in [0.25, 0.3) is 0 Å². The van der Waals surface area contributed by atoms with Crippen molar-refractivity contribution in [3.63, 3.8) is 0 Å². The Balaban J connectivity index is 2.62. The zero-order valence-corrected chi connectivity index (χ0v) is 12.3. The van der Waals surface area contributed by atoms with Crippen molar-refractivity contribution in [2.75, 3.05) is 13.0 Å². The quantitative estimate of drug-likeness (QED) is 0.475. The van der Waals surface area contributed by atoms with Crippen molar-refractivity contribution in [2.24, 2.45) is 23.2 Å². The number of halogens is 1. The predicted octanol–water partition coefficient (Wildman–Crippen LogP) is 1.55. The molecule has 2 bridgehead atoms. The second kappa shape index (κ2) is 4.32. The molecule has 0 radical (unpaired) electrons. The van der Waals surface area contributed by atoms with Gasteiger partial charge >= 0.3 is 5.97 Å². The minimum absolute atomic E-state index is 0.157. The lowest BCUT2D eigenvalue weighted by Crippen LogP contribution is -2.68. The van der Waals surface area contributed by atoms with Gasteiger partial charge in [-0.15, -0.1) is 11.6 Å². The van der Waals surface area contributed by atoms with Gasteiger partial charge in [0.2, 0.25) is 0 Å². The highest BCUT2D eigenvalue weighted by Gasteiger charge is 2.66. The molecular weight excluding hydrogens is 268 g/mol. The van der Waals surface area contributed by atoms with E-state index in [4.69, 9.17) is 16.3 Å². The van der Waals surface area contributed by atoms with Crippen LogP contribution < -0.4 is 0 Å². The van der Waals surface area contributed by atoms with E-state index >= 15 is 0 Å². The van der Waals surface area contributed by atoms with E-state index in [-0.39, 0.29) is 17.6 Å². The third-order valence-electron chi connectivity index (χ3n) is 4.77. The van der Waals surface area contributed by atoms with E-state index in [1.807, 2.05) is 13.8 Å². The maximum atomic E-state index is 12.6. The Bertz CT molecular complexity index is 472. The molecule has 0 amide bonds. The van der Waals surface area contributed by atoms with Gasteiger partial charge in [-0.3, -0.25) is 9.59 Å². The summed E-state index contributed by atoms with van der Waals surface area (Å²) >= 11 is 5.85. The fourth-order valence-corrected chi connectivity index (χ4v) is 4.45. The number of alkyl halides is 1. The summed E-state index contributed by atoms with van der Waals surface area (Å²) in [6, 6.07) is 0. The van der Waals surface area contributed by atoms with Gasteiger partial charge in [0.15, 0.2) is 5.78 Å². The monoisotopic (exact) mass is 286 g/mol. The molecule has 0 aliphatic heterocycles. The highest BCUT2D eigenvalue weighted by molar-refractivity contribution is 6.21. The van der Waals surface area contributed by atoms with Crippen LogP contribution in [0.2, 0.25) is 0 Å². The van der Waals surface area contributed by atoms with Crippen LogP contribution in [-0.2, 0) is 14.3 Å². The van der Waals surface area contributed by atoms with Gasteiger partial charge in [-0.25, -0.2) is 0 Å². The summed E-state index contributed by atoms with van der Waals surface area (Å²) in [7, 11) is 1.31. The number of rotatable bonds is 2. The standard InChI is InChI=1S/C14H19ClO4/c1-7-5-13(3)10(11(16)19-4)8(2)9(7)14(18,6-15)12(13)17/h5,8-10,18H,6H2,1-4H3/t8-,9-,10-,13+,14+/m1/s1. The van der Waals surface area contributed by atoms with Gasteiger partial charge in [0.1, 0.15) is 5.60 Å². The maximum Gasteiger partial charge on any atom is 0.310 e. The average Bonchev–Trinajstić information content (AvgIpc) is 2.34. The number of allylic oxidation sites excluding steroid dienone is 1. The molecule has 0 saturated heterocycles. The first-order valence-electron chi connectivity index (χ1n) is 6.34. The molecule has 3 rings (SSSR count). The molecule has 0 aromatic carbocycles. The number of hydrogen-bond acceptors (Lipinski definition) is 4. The van der Waals surface area contributed by atoms with Crippen LogP contribution in [0.5, 0.6) is 0 Å². The third-order valence-corrected chi connectivity index (χ3v) is 5.18. The predicted molar refractivity (Wildman–Crippen MR) is 70.7 cm³/mol. The Labute approximate surface area is 117 Å². The molecule has 0 spiro atoms. The first kappa shape index (κ1) is 14.5. The average molecular weight is 287 g/mol. The molecule has 0 unspecified atom stereocenters. The van der Waals surface area contributed by atoms with Crippen LogP contribution in [0.25, 0.3) is 0 Å². The van der Waals surface area contributed by atoms with E-state index in [2.05, 4.69) is 0 Å². The molecule has 1 saturated carbocycles. The van der Waals surface area contributed by atoms with E-state index in [0.29, 0.717) is 0 Å². The van der Waals surface area contributed by atoms with Crippen LogP contribution in [0.1, 0.15) is 20.8 Å². The zero-order chi connectivity index (χ0) is 14.6. The first-order valence-corrected chi connectivity index (χ1v) is 6.88. The van der Waals surface area contributed by atoms with Crippen molar-refractivity contribution in [2.45, 2.75) is 26.4 Å². The summed E-state index contributed by atoms with van der Waals surface area (Å²) in [4.78, 5) is 24.6. The Kier molecular flexibility index (Phi) is 3.30. The maximum absolute atomic E-state index is 12.6. The zero-order valence-electron chi connectivity index (χ0n) is 11.6. The highest BCUT2D eigenvalue weighted by Crippen LogP contribution is 2.57. The number of aliphatic hydroxyl groups is 1. The van der Waals surface area contributed by atoms with Crippen LogP contribution in [0.15, 0.2) is 11.6 Å². The van der Waals surface area contributed by atoms with Gasteiger partial charge in [-0.05, 0) is 19.8 Å². The van der Waals surface area contributed by atoms with Crippen molar-refractivity contribution in [3.8, 4) is 0 Å². The molecule has 0 heterocycles. The molecule has 3 aliphatic carbocycles. The summed E-state index contributed by atoms with van der Waals surface area (Å²) < 4.78 is 4.83. The lowest BCUT2D eigenvalue weighted by Gasteiger charge is -2.56. The minimum Gasteiger partial charge on any atom is -0.469 e. The fraction of sp³-hybridized carbons (Fsp3) is 0.714. The van der Waals surface area contributed by atoms with Crippen LogP contribution in [-0.4, -0.2) is 35.4 Å². The normalized spacial score (nSPS) is 45.1. The second-order valence-electron chi connectivity index (χ2n) is 5.90. The summed E-state index contributed by atoms with van der Waals surface area (Å²) in [5.41, 5.74) is -1.72. The molecular formula is C14H19ClO4. The van der Waals surface area contributed by atoms with Crippen molar-refractivity contribution in [3.05, 3.63) is 11.6 Å². The molecule has 19 heavy (non-hydrogen) atoms. The molecule has 4 nitrogen and oxygen atoms in total. The van der Waals surface area contributed by atoms with E-state index in [0.717, 1.165) is 5.57 Å². The van der Waals surface area contributed by atoms with E-state index in [1.54, 1.807) is 13.0 Å². The number of carbonyl (C=O) groups excluding carboxylic acids is 2. The number of methoxy groups -OCH3 is 1. The lowest BCUT2D eigenvalue weighted by molar-refractivity contribution is -0.179. The number of ketones is 1. The fourth-order valence-electron chi connectivity index (χ4n) is 4.16. The number of hydrogen-bond donors (Lipinski definition) is 1. The molecule has 0 aromatic rings. The minimum atomic E-state index is -1.58. The van der Waals surface area contributed by atoms with Gasteiger partial charge in [-0.1, -0.05) is 18.6 Å². The van der Waals surface area contributed by atoms with Crippen LogP contribution in [0.3, 0.4) is 0 Å². The van der Waals surface area contributed by atoms with E-state index in [1.165, 1.54) is 7.11 Å². The molecule has 106 valence electrons. The summed E-state index contributed by atoms with van der Waals surface area (Å²) in [6.45, 7) is 5.42. The highest BCUT2D eigenvalue weighted by atomic mass is 35.5. The first-order chi connectivity index (χ1) is 8.74. The third kappa shape index (κ3) is 1.62. The van der Waals surface area contributed by atoms with Crippen LogP contribution in [0, 0.1) is 23.2 Å². The number of esters is 1. The molecule has 1 N–H and O–H groups in total. The summed E-state index contributed by atoms with van der Waals surface area (Å²) in [5.74, 6) is -2.13. The Morgan fingerprint density at radius 3 is 2.63 bits per heavy atom. The van der Waals surface area contributed by atoms with Crippen molar-refractivity contribution in [1.29, 1.82) is 0 Å². The van der Waals surface area contributed by atoms with Gasteiger partial charge < -0.3 is 9.84 Å². The SMILES string of the molecule is COC(=O)[C@H]1[C@H](C)[C@H]2C(C)=C[C@]1(C)C(=O)[C@]2(O)CCl. The Morgan fingerprint density at radius 1 is 1.58 bits per heavy atom.